The van der Waals surface area contributed by atoms with Gasteiger partial charge in [-0.1, -0.05) is 35.2 Å². The first-order chi connectivity index (χ1) is 8.09. The predicted molar refractivity (Wildman–Crippen MR) is 77.4 cm³/mol. The number of halogens is 1. The van der Waals surface area contributed by atoms with Crippen molar-refractivity contribution < 1.29 is 0 Å². The van der Waals surface area contributed by atoms with Crippen LogP contribution in [0.25, 0.3) is 0 Å². The molecule has 0 aliphatic heterocycles. The minimum Gasteiger partial charge on any atom is -0.330 e. The van der Waals surface area contributed by atoms with Crippen molar-refractivity contribution in [1.29, 1.82) is 0 Å². The summed E-state index contributed by atoms with van der Waals surface area (Å²) in [4.78, 5) is 0. The average molecular weight is 296 g/mol. The lowest BCUT2D eigenvalue weighted by molar-refractivity contribution is 0.299. The highest BCUT2D eigenvalue weighted by Crippen LogP contribution is 2.41. The molecular weight excluding hydrogens is 274 g/mol. The van der Waals surface area contributed by atoms with Crippen molar-refractivity contribution in [2.24, 2.45) is 5.73 Å². The number of benzene rings is 1. The average Bonchev–Trinajstić information content (AvgIpc) is 2.34. The Morgan fingerprint density at radius 1 is 1.18 bits per heavy atom. The maximum absolute atomic E-state index is 6.12. The summed E-state index contributed by atoms with van der Waals surface area (Å²) < 4.78 is 1.19. The smallest absolute Gasteiger partial charge is 0.0181 e. The zero-order valence-corrected chi connectivity index (χ0v) is 12.4. The molecule has 1 saturated carbocycles. The molecule has 1 aliphatic carbocycles. The van der Waals surface area contributed by atoms with Crippen LogP contribution in [0.3, 0.4) is 0 Å². The van der Waals surface area contributed by atoms with Crippen LogP contribution in [0.4, 0.5) is 0 Å². The number of hydrogen-bond acceptors (Lipinski definition) is 1. The van der Waals surface area contributed by atoms with Crippen molar-refractivity contribution in [1.82, 2.24) is 0 Å². The summed E-state index contributed by atoms with van der Waals surface area (Å²) in [6, 6.07) is 4.49. The van der Waals surface area contributed by atoms with Crippen molar-refractivity contribution in [3.8, 4) is 0 Å². The third-order valence-electron chi connectivity index (χ3n) is 4.40. The second-order valence-electron chi connectivity index (χ2n) is 5.44. The Bertz CT molecular complexity index is 406. The van der Waals surface area contributed by atoms with E-state index in [0.29, 0.717) is 0 Å². The Morgan fingerprint density at radius 2 is 1.82 bits per heavy atom. The molecule has 94 valence electrons. The van der Waals surface area contributed by atoms with E-state index in [1.165, 1.54) is 53.3 Å². The van der Waals surface area contributed by atoms with E-state index in [4.69, 9.17) is 5.73 Å². The summed E-state index contributed by atoms with van der Waals surface area (Å²) in [6.45, 7) is 5.21. The number of hydrogen-bond donors (Lipinski definition) is 1. The van der Waals surface area contributed by atoms with Gasteiger partial charge in [-0.3, -0.25) is 0 Å². The van der Waals surface area contributed by atoms with Crippen molar-refractivity contribution in [3.05, 3.63) is 33.3 Å². The molecule has 2 N–H and O–H groups in total. The fourth-order valence-electron chi connectivity index (χ4n) is 3.18. The van der Waals surface area contributed by atoms with E-state index in [1.807, 2.05) is 0 Å². The molecule has 1 aromatic carbocycles. The highest BCUT2D eigenvalue weighted by molar-refractivity contribution is 9.10. The summed E-state index contributed by atoms with van der Waals surface area (Å²) in [6.07, 6.45) is 6.51. The molecule has 0 bridgehead atoms. The van der Waals surface area contributed by atoms with Crippen LogP contribution in [0.1, 0.15) is 48.8 Å². The van der Waals surface area contributed by atoms with E-state index in [-0.39, 0.29) is 5.41 Å². The highest BCUT2D eigenvalue weighted by Gasteiger charge is 2.34. The van der Waals surface area contributed by atoms with Gasteiger partial charge in [0, 0.05) is 16.4 Å². The van der Waals surface area contributed by atoms with Crippen LogP contribution < -0.4 is 5.73 Å². The molecule has 0 heterocycles. The predicted octanol–water partition coefficient (Wildman–Crippen LogP) is 4.23. The number of nitrogens with two attached hydrogens (primary N) is 1. The van der Waals surface area contributed by atoms with Gasteiger partial charge in [0.15, 0.2) is 0 Å². The van der Waals surface area contributed by atoms with Crippen LogP contribution in [0.15, 0.2) is 16.6 Å². The van der Waals surface area contributed by atoms with Crippen LogP contribution in [0.2, 0.25) is 0 Å². The molecule has 1 nitrogen and oxygen atoms in total. The zero-order chi connectivity index (χ0) is 12.5. The molecule has 0 aromatic heterocycles. The standard InChI is InChI=1S/C15H22BrN/c1-11-8-13(16)9-14(12(11)2)15(10-17)6-4-3-5-7-15/h8-9H,3-7,10,17H2,1-2H3. The first-order valence-electron chi connectivity index (χ1n) is 6.56. The molecular formula is C15H22BrN. The Kier molecular flexibility index (Phi) is 3.94. The lowest BCUT2D eigenvalue weighted by Gasteiger charge is -2.38. The first-order valence-corrected chi connectivity index (χ1v) is 7.36. The van der Waals surface area contributed by atoms with Crippen molar-refractivity contribution >= 4 is 15.9 Å². The monoisotopic (exact) mass is 295 g/mol. The van der Waals surface area contributed by atoms with E-state index >= 15 is 0 Å². The van der Waals surface area contributed by atoms with Gasteiger partial charge >= 0.3 is 0 Å². The summed E-state index contributed by atoms with van der Waals surface area (Å²) in [7, 11) is 0. The van der Waals surface area contributed by atoms with Crippen LogP contribution in [0.5, 0.6) is 0 Å². The van der Waals surface area contributed by atoms with Crippen molar-refractivity contribution in [2.45, 2.75) is 51.4 Å². The lowest BCUT2D eigenvalue weighted by atomic mass is 9.68. The topological polar surface area (TPSA) is 26.0 Å². The molecule has 0 saturated heterocycles. The maximum atomic E-state index is 6.12. The minimum absolute atomic E-state index is 0.233. The lowest BCUT2D eigenvalue weighted by Crippen LogP contribution is -2.38. The van der Waals surface area contributed by atoms with Crippen LogP contribution in [-0.4, -0.2) is 6.54 Å². The highest BCUT2D eigenvalue weighted by atomic mass is 79.9. The van der Waals surface area contributed by atoms with E-state index in [9.17, 15) is 0 Å². The van der Waals surface area contributed by atoms with Gasteiger partial charge in [0.05, 0.1) is 0 Å². The molecule has 2 rings (SSSR count). The summed E-state index contributed by atoms with van der Waals surface area (Å²) in [5, 5.41) is 0. The van der Waals surface area contributed by atoms with Gasteiger partial charge in [0.2, 0.25) is 0 Å². The molecule has 1 aliphatic rings. The largest absolute Gasteiger partial charge is 0.330 e. The van der Waals surface area contributed by atoms with E-state index in [0.717, 1.165) is 6.54 Å². The van der Waals surface area contributed by atoms with Gasteiger partial charge in [-0.2, -0.15) is 0 Å². The van der Waals surface area contributed by atoms with E-state index < -0.39 is 0 Å². The fourth-order valence-corrected chi connectivity index (χ4v) is 3.75. The quantitative estimate of drug-likeness (QED) is 0.868. The van der Waals surface area contributed by atoms with Crippen molar-refractivity contribution in [3.63, 3.8) is 0 Å². The molecule has 1 fully saturated rings. The summed E-state index contributed by atoms with van der Waals surface area (Å²) in [5.41, 5.74) is 10.6. The molecule has 2 heteroatoms. The maximum Gasteiger partial charge on any atom is 0.0181 e. The Hall–Kier alpha value is -0.340. The second kappa shape index (κ2) is 5.11. The minimum atomic E-state index is 0.233. The fraction of sp³-hybridized carbons (Fsp3) is 0.600. The second-order valence-corrected chi connectivity index (χ2v) is 6.36. The first kappa shape index (κ1) is 13.1. The normalized spacial score (nSPS) is 19.3. The molecule has 1 aromatic rings. The molecule has 0 atom stereocenters. The van der Waals surface area contributed by atoms with E-state index in [2.05, 4.69) is 41.9 Å². The third-order valence-corrected chi connectivity index (χ3v) is 4.86. The molecule has 0 radical (unpaired) electrons. The van der Waals surface area contributed by atoms with Crippen LogP contribution >= 0.6 is 15.9 Å². The molecule has 0 unspecified atom stereocenters. The Balaban J connectivity index is 2.49. The van der Waals surface area contributed by atoms with Crippen LogP contribution in [0, 0.1) is 13.8 Å². The summed E-state index contributed by atoms with van der Waals surface area (Å²) >= 11 is 3.63. The Morgan fingerprint density at radius 3 is 2.41 bits per heavy atom. The van der Waals surface area contributed by atoms with Gasteiger partial charge in [-0.05, 0) is 55.5 Å². The zero-order valence-electron chi connectivity index (χ0n) is 10.9. The summed E-state index contributed by atoms with van der Waals surface area (Å²) in [5.74, 6) is 0. The number of rotatable bonds is 2. The van der Waals surface area contributed by atoms with E-state index in [1.54, 1.807) is 0 Å². The van der Waals surface area contributed by atoms with Crippen molar-refractivity contribution in [2.75, 3.05) is 6.54 Å². The molecule has 0 amide bonds. The van der Waals surface area contributed by atoms with Gasteiger partial charge in [0.1, 0.15) is 0 Å². The number of aryl methyl sites for hydroxylation is 1. The van der Waals surface area contributed by atoms with Gasteiger partial charge < -0.3 is 5.73 Å². The molecule has 17 heavy (non-hydrogen) atoms. The van der Waals surface area contributed by atoms with Gasteiger partial charge in [-0.15, -0.1) is 0 Å². The molecule has 0 spiro atoms. The van der Waals surface area contributed by atoms with Gasteiger partial charge in [0.25, 0.3) is 0 Å². The van der Waals surface area contributed by atoms with Gasteiger partial charge in [-0.25, -0.2) is 0 Å². The van der Waals surface area contributed by atoms with Crippen LogP contribution in [-0.2, 0) is 5.41 Å². The SMILES string of the molecule is Cc1cc(Br)cc(C2(CN)CCCCC2)c1C. The third kappa shape index (κ3) is 2.43. The Labute approximate surface area is 113 Å².